The number of aromatic amines is 1. The van der Waals surface area contributed by atoms with E-state index in [0.717, 1.165) is 4.57 Å². The number of nitrogens with one attached hydrogen (secondary N) is 1. The largest absolute Gasteiger partial charge is 0.393 e. The van der Waals surface area contributed by atoms with Gasteiger partial charge in [0.25, 0.3) is 5.56 Å². The summed E-state index contributed by atoms with van der Waals surface area (Å²) in [5, 5.41) is 8.94. The first-order valence-electron chi connectivity index (χ1n) is 6.56. The van der Waals surface area contributed by atoms with E-state index >= 15 is 0 Å². The summed E-state index contributed by atoms with van der Waals surface area (Å²) in [5.74, 6) is 0. The van der Waals surface area contributed by atoms with Crippen molar-refractivity contribution >= 4 is 0 Å². The molecular weight excluding hydrogens is 212 g/mol. The van der Waals surface area contributed by atoms with Gasteiger partial charge in [0.15, 0.2) is 6.23 Å². The van der Waals surface area contributed by atoms with Crippen LogP contribution in [0.5, 0.6) is 0 Å². The molecular formula is C10H12N2O4. The molecule has 2 heterocycles. The minimum absolute atomic E-state index is 0.315. The molecule has 1 aromatic heterocycles. The maximum atomic E-state index is 11.7. The molecule has 0 amide bonds. The van der Waals surface area contributed by atoms with Crippen molar-refractivity contribution in [3.63, 3.8) is 0 Å². The fraction of sp³-hybridized carbons (Fsp3) is 0.400. The number of aromatic nitrogens is 2. The van der Waals surface area contributed by atoms with E-state index in [1.165, 1.54) is 12.2 Å². The Morgan fingerprint density at radius 3 is 3.12 bits per heavy atom. The Hall–Kier alpha value is -1.66. The third-order valence-electron chi connectivity index (χ3n) is 2.14. The van der Waals surface area contributed by atoms with E-state index in [-0.39, 0.29) is 6.61 Å². The van der Waals surface area contributed by atoms with E-state index in [1.807, 2.05) is 4.98 Å². The molecule has 86 valence electrons. The van der Waals surface area contributed by atoms with Crippen LogP contribution < -0.4 is 11.2 Å². The molecule has 2 atom stereocenters. The van der Waals surface area contributed by atoms with Crippen LogP contribution in [0.3, 0.4) is 0 Å². The summed E-state index contributed by atoms with van der Waals surface area (Å²) in [7, 11) is 0. The van der Waals surface area contributed by atoms with Crippen molar-refractivity contribution in [1.29, 1.82) is 0 Å². The molecule has 0 bridgehead atoms. The predicted octanol–water partition coefficient (Wildman–Crippen LogP) is -0.709. The molecule has 2 unspecified atom stereocenters. The predicted molar refractivity (Wildman–Crippen MR) is 56.2 cm³/mol. The number of hydrogen-bond acceptors (Lipinski definition) is 4. The van der Waals surface area contributed by atoms with Gasteiger partial charge in [-0.2, -0.15) is 0 Å². The molecule has 0 spiro atoms. The third kappa shape index (κ3) is 1.84. The molecule has 0 aromatic carbocycles. The van der Waals surface area contributed by atoms with Gasteiger partial charge in [-0.15, -0.1) is 0 Å². The Morgan fingerprint density at radius 1 is 1.69 bits per heavy atom. The smallest absolute Gasteiger partial charge is 0.330 e. The zero-order valence-corrected chi connectivity index (χ0v) is 8.14. The zero-order valence-electron chi connectivity index (χ0n) is 12.1. The number of hydrogen-bond donors (Lipinski definition) is 2. The van der Waals surface area contributed by atoms with Crippen LogP contribution in [0, 0.1) is 6.85 Å². The summed E-state index contributed by atoms with van der Waals surface area (Å²) in [5.41, 5.74) is -2.83. The molecule has 0 fully saturated rings. The number of rotatable bonds is 2. The summed E-state index contributed by atoms with van der Waals surface area (Å²) in [6.07, 6.45) is 0.477. The lowest BCUT2D eigenvalue weighted by Crippen LogP contribution is -2.33. The lowest BCUT2D eigenvalue weighted by Gasteiger charge is -2.14. The van der Waals surface area contributed by atoms with Crippen molar-refractivity contribution in [2.24, 2.45) is 0 Å². The van der Waals surface area contributed by atoms with Gasteiger partial charge in [-0.1, -0.05) is 6.08 Å². The van der Waals surface area contributed by atoms with Crippen molar-refractivity contribution in [2.45, 2.75) is 19.2 Å². The summed E-state index contributed by atoms with van der Waals surface area (Å²) in [6.45, 7) is -3.14. The Labute approximate surface area is 96.4 Å². The Kier molecular flexibility index (Phi) is 1.74. The topological polar surface area (TPSA) is 84.3 Å². The molecule has 0 saturated heterocycles. The summed E-state index contributed by atoms with van der Waals surface area (Å²) < 4.78 is 35.5. The second kappa shape index (κ2) is 4.07. The molecule has 1 aromatic rings. The average Bonchev–Trinajstić information content (AvgIpc) is 2.74. The van der Waals surface area contributed by atoms with Gasteiger partial charge >= 0.3 is 5.69 Å². The molecule has 16 heavy (non-hydrogen) atoms. The van der Waals surface area contributed by atoms with E-state index in [2.05, 4.69) is 0 Å². The molecule has 6 heteroatoms. The molecule has 1 aliphatic heterocycles. The highest BCUT2D eigenvalue weighted by Gasteiger charge is 2.20. The maximum Gasteiger partial charge on any atom is 0.330 e. The Balaban J connectivity index is 2.59. The first-order chi connectivity index (χ1) is 9.25. The highest BCUT2D eigenvalue weighted by molar-refractivity contribution is 5.06. The molecule has 2 rings (SSSR count). The molecule has 2 N–H and O–H groups in total. The van der Waals surface area contributed by atoms with Gasteiger partial charge in [0.05, 0.1) is 7.98 Å². The van der Waals surface area contributed by atoms with Gasteiger partial charge in [-0.25, -0.2) is 4.79 Å². The van der Waals surface area contributed by atoms with E-state index in [1.54, 1.807) is 0 Å². The first-order valence-corrected chi connectivity index (χ1v) is 4.56. The van der Waals surface area contributed by atoms with Crippen LogP contribution in [-0.4, -0.2) is 27.4 Å². The number of aliphatic hydroxyl groups excluding tert-OH is 1. The lowest BCUT2D eigenvalue weighted by atomic mass is 10.3. The van der Waals surface area contributed by atoms with E-state index in [9.17, 15) is 9.59 Å². The number of aliphatic hydroxyl groups is 1. The van der Waals surface area contributed by atoms with Crippen LogP contribution >= 0.6 is 0 Å². The van der Waals surface area contributed by atoms with Crippen LogP contribution in [0.15, 0.2) is 27.9 Å². The quantitative estimate of drug-likeness (QED) is 0.655. The SMILES string of the molecule is [2H]c1c(C([2H])([2H])[2H])c(=O)[nH]c(=O)n1C1C=CC(CO)O1. The van der Waals surface area contributed by atoms with Crippen molar-refractivity contribution in [3.8, 4) is 0 Å². The monoisotopic (exact) mass is 228 g/mol. The maximum absolute atomic E-state index is 11.7. The van der Waals surface area contributed by atoms with E-state index in [0.29, 0.717) is 0 Å². The van der Waals surface area contributed by atoms with E-state index in [4.69, 9.17) is 15.3 Å². The standard InChI is InChI=1S/C10H12N2O4/c1-6-4-12(10(15)11-9(6)14)8-3-2-7(5-13)16-8/h2-4,7-8,13H,5H2,1H3,(H,11,14,15)/i1D3,4D. The van der Waals surface area contributed by atoms with Crippen LogP contribution in [0.25, 0.3) is 0 Å². The van der Waals surface area contributed by atoms with Crippen molar-refractivity contribution in [3.05, 3.63) is 44.7 Å². The molecule has 0 radical (unpaired) electrons. The average molecular weight is 228 g/mol. The summed E-state index contributed by atoms with van der Waals surface area (Å²) in [6, 6.07) is 0. The third-order valence-corrected chi connectivity index (χ3v) is 2.14. The number of H-pyrrole nitrogens is 1. The Bertz CT molecular complexity index is 661. The molecule has 0 saturated carbocycles. The fourth-order valence-corrected chi connectivity index (χ4v) is 1.36. The first kappa shape index (κ1) is 6.82. The van der Waals surface area contributed by atoms with Gasteiger partial charge in [0.2, 0.25) is 0 Å². The van der Waals surface area contributed by atoms with Crippen LogP contribution in [0.1, 0.15) is 17.3 Å². The zero-order chi connectivity index (χ0) is 15.1. The van der Waals surface area contributed by atoms with Crippen LogP contribution in [0.2, 0.25) is 0 Å². The summed E-state index contributed by atoms with van der Waals surface area (Å²) >= 11 is 0. The normalized spacial score (nSPS) is 28.3. The van der Waals surface area contributed by atoms with Crippen molar-refractivity contribution in [1.82, 2.24) is 9.55 Å². The Morgan fingerprint density at radius 2 is 2.50 bits per heavy atom. The fourth-order valence-electron chi connectivity index (χ4n) is 1.36. The van der Waals surface area contributed by atoms with Gasteiger partial charge in [0, 0.05) is 15.8 Å². The highest BCUT2D eigenvalue weighted by Crippen LogP contribution is 2.18. The molecule has 6 nitrogen and oxygen atoms in total. The van der Waals surface area contributed by atoms with Crippen LogP contribution in [0.4, 0.5) is 0 Å². The number of ether oxygens (including phenoxy) is 1. The van der Waals surface area contributed by atoms with E-state index < -0.39 is 42.2 Å². The highest BCUT2D eigenvalue weighted by atomic mass is 16.5. The second-order valence-electron chi connectivity index (χ2n) is 3.25. The molecule has 0 aliphatic carbocycles. The number of nitrogens with zero attached hydrogens (tertiary/aromatic N) is 1. The second-order valence-corrected chi connectivity index (χ2v) is 3.25. The van der Waals surface area contributed by atoms with Gasteiger partial charge in [-0.05, 0) is 12.9 Å². The lowest BCUT2D eigenvalue weighted by molar-refractivity contribution is -0.0104. The minimum Gasteiger partial charge on any atom is -0.393 e. The van der Waals surface area contributed by atoms with Crippen molar-refractivity contribution in [2.75, 3.05) is 6.61 Å². The van der Waals surface area contributed by atoms with Crippen molar-refractivity contribution < 1.29 is 15.3 Å². The minimum atomic E-state index is -2.82. The molecule has 1 aliphatic rings. The van der Waals surface area contributed by atoms with Gasteiger partial charge in [-0.3, -0.25) is 14.3 Å². The van der Waals surface area contributed by atoms with Gasteiger partial charge < -0.3 is 9.84 Å². The van der Waals surface area contributed by atoms with Gasteiger partial charge in [0.1, 0.15) is 6.10 Å². The summed E-state index contributed by atoms with van der Waals surface area (Å²) in [4.78, 5) is 25.2. The van der Waals surface area contributed by atoms with Crippen LogP contribution in [-0.2, 0) is 4.74 Å².